The first-order chi connectivity index (χ1) is 10.2. The Morgan fingerprint density at radius 2 is 2.10 bits per heavy atom. The van der Waals surface area contributed by atoms with Crippen molar-refractivity contribution in [1.82, 2.24) is 15.2 Å². The lowest BCUT2D eigenvalue weighted by molar-refractivity contribution is 0.153. The summed E-state index contributed by atoms with van der Waals surface area (Å²) in [6.45, 7) is 3.56. The Bertz CT molecular complexity index is 606. The number of nitrogens with one attached hydrogen (secondary N) is 1. The first kappa shape index (κ1) is 14.6. The summed E-state index contributed by atoms with van der Waals surface area (Å²) in [5, 5.41) is 3.43. The molecular formula is C16H17BrFN3. The van der Waals surface area contributed by atoms with Crippen LogP contribution < -0.4 is 5.32 Å². The zero-order valence-electron chi connectivity index (χ0n) is 11.6. The Kier molecular flexibility index (Phi) is 4.63. The molecule has 0 saturated carbocycles. The van der Waals surface area contributed by atoms with E-state index < -0.39 is 0 Å². The number of rotatable bonds is 3. The second kappa shape index (κ2) is 6.64. The van der Waals surface area contributed by atoms with Gasteiger partial charge in [-0.05, 0) is 51.3 Å². The van der Waals surface area contributed by atoms with Crippen molar-refractivity contribution in [1.29, 1.82) is 0 Å². The molecule has 1 unspecified atom stereocenters. The summed E-state index contributed by atoms with van der Waals surface area (Å²) in [4.78, 5) is 6.46. The highest BCUT2D eigenvalue weighted by molar-refractivity contribution is 9.10. The summed E-state index contributed by atoms with van der Waals surface area (Å²) in [5.74, 6) is -0.205. The molecule has 1 aliphatic rings. The normalized spacial score (nSPS) is 19.6. The Hall–Kier alpha value is -1.30. The third-order valence-corrected chi connectivity index (χ3v) is 4.46. The van der Waals surface area contributed by atoms with Gasteiger partial charge in [0.1, 0.15) is 5.82 Å². The standard InChI is InChI=1S/C16H17BrFN3/c17-14-2-1-12(9-15(14)18)11-21-8-7-20-10-16(21)13-3-5-19-6-4-13/h1-6,9,16,20H,7-8,10-11H2. The predicted molar refractivity (Wildman–Crippen MR) is 84.4 cm³/mol. The quantitative estimate of drug-likeness (QED) is 0.922. The molecule has 2 heterocycles. The minimum absolute atomic E-state index is 0.205. The maximum Gasteiger partial charge on any atom is 0.137 e. The molecule has 1 fully saturated rings. The van der Waals surface area contributed by atoms with Crippen molar-refractivity contribution in [2.24, 2.45) is 0 Å². The fraction of sp³-hybridized carbons (Fsp3) is 0.312. The molecule has 0 spiro atoms. The molecule has 1 aromatic heterocycles. The third-order valence-electron chi connectivity index (χ3n) is 3.81. The predicted octanol–water partition coefficient (Wildman–Crippen LogP) is 3.13. The van der Waals surface area contributed by atoms with Crippen molar-refractivity contribution < 1.29 is 4.39 Å². The van der Waals surface area contributed by atoms with Crippen LogP contribution in [0.1, 0.15) is 17.2 Å². The van der Waals surface area contributed by atoms with Gasteiger partial charge in [0.15, 0.2) is 0 Å². The van der Waals surface area contributed by atoms with Crippen LogP contribution >= 0.6 is 15.9 Å². The van der Waals surface area contributed by atoms with Crippen LogP contribution in [0, 0.1) is 5.82 Å². The first-order valence-electron chi connectivity index (χ1n) is 7.02. The minimum Gasteiger partial charge on any atom is -0.314 e. The minimum atomic E-state index is -0.205. The lowest BCUT2D eigenvalue weighted by atomic mass is 10.0. The van der Waals surface area contributed by atoms with Gasteiger partial charge < -0.3 is 5.32 Å². The molecule has 3 rings (SSSR count). The second-order valence-corrected chi connectivity index (χ2v) is 6.07. The van der Waals surface area contributed by atoms with Crippen molar-refractivity contribution in [2.45, 2.75) is 12.6 Å². The lowest BCUT2D eigenvalue weighted by Crippen LogP contribution is -2.45. The highest BCUT2D eigenvalue weighted by Crippen LogP contribution is 2.25. The lowest BCUT2D eigenvalue weighted by Gasteiger charge is -2.36. The molecule has 0 amide bonds. The van der Waals surface area contributed by atoms with Gasteiger partial charge in [-0.25, -0.2) is 4.39 Å². The molecule has 1 N–H and O–H groups in total. The molecule has 0 aliphatic carbocycles. The largest absolute Gasteiger partial charge is 0.314 e. The maximum absolute atomic E-state index is 13.7. The molecule has 0 bridgehead atoms. The number of nitrogens with zero attached hydrogens (tertiary/aromatic N) is 2. The van der Waals surface area contributed by atoms with Crippen molar-refractivity contribution in [3.63, 3.8) is 0 Å². The van der Waals surface area contributed by atoms with E-state index in [9.17, 15) is 4.39 Å². The zero-order valence-corrected chi connectivity index (χ0v) is 13.2. The van der Waals surface area contributed by atoms with Gasteiger partial charge in [-0.3, -0.25) is 9.88 Å². The average molecular weight is 350 g/mol. The van der Waals surface area contributed by atoms with Gasteiger partial charge in [0.25, 0.3) is 0 Å². The molecule has 0 radical (unpaired) electrons. The van der Waals surface area contributed by atoms with E-state index in [1.54, 1.807) is 12.1 Å². The van der Waals surface area contributed by atoms with Crippen LogP contribution in [0.25, 0.3) is 0 Å². The summed E-state index contributed by atoms with van der Waals surface area (Å²) >= 11 is 3.20. The van der Waals surface area contributed by atoms with Gasteiger partial charge in [-0.1, -0.05) is 6.07 Å². The van der Waals surface area contributed by atoms with Gasteiger partial charge in [0, 0.05) is 44.6 Å². The first-order valence-corrected chi connectivity index (χ1v) is 7.82. The number of hydrogen-bond acceptors (Lipinski definition) is 3. The number of aromatic nitrogens is 1. The van der Waals surface area contributed by atoms with Gasteiger partial charge in [-0.2, -0.15) is 0 Å². The zero-order chi connectivity index (χ0) is 14.7. The number of halogens is 2. The van der Waals surface area contributed by atoms with Crippen molar-refractivity contribution in [3.05, 3.63) is 64.1 Å². The van der Waals surface area contributed by atoms with Gasteiger partial charge in [0.2, 0.25) is 0 Å². The van der Waals surface area contributed by atoms with Crippen LogP contribution in [-0.4, -0.2) is 29.5 Å². The highest BCUT2D eigenvalue weighted by Gasteiger charge is 2.23. The van der Waals surface area contributed by atoms with Crippen molar-refractivity contribution in [2.75, 3.05) is 19.6 Å². The van der Waals surface area contributed by atoms with E-state index in [2.05, 4.69) is 31.1 Å². The van der Waals surface area contributed by atoms with Gasteiger partial charge in [0.05, 0.1) is 4.47 Å². The molecule has 110 valence electrons. The molecule has 5 heteroatoms. The summed E-state index contributed by atoms with van der Waals surface area (Å²) in [5.41, 5.74) is 2.24. The Morgan fingerprint density at radius 1 is 1.29 bits per heavy atom. The van der Waals surface area contributed by atoms with E-state index in [-0.39, 0.29) is 5.82 Å². The van der Waals surface area contributed by atoms with Gasteiger partial charge >= 0.3 is 0 Å². The molecule has 1 aliphatic heterocycles. The second-order valence-electron chi connectivity index (χ2n) is 5.22. The fourth-order valence-electron chi connectivity index (χ4n) is 2.72. The number of hydrogen-bond donors (Lipinski definition) is 1. The SMILES string of the molecule is Fc1cc(CN2CCNCC2c2ccncc2)ccc1Br. The van der Waals surface area contributed by atoms with Crippen LogP contribution in [0.15, 0.2) is 47.2 Å². The van der Waals surface area contributed by atoms with Gasteiger partial charge in [-0.15, -0.1) is 0 Å². The topological polar surface area (TPSA) is 28.2 Å². The maximum atomic E-state index is 13.7. The van der Waals surface area contributed by atoms with Crippen LogP contribution in [0.5, 0.6) is 0 Å². The monoisotopic (exact) mass is 349 g/mol. The molecule has 3 nitrogen and oxygen atoms in total. The fourth-order valence-corrected chi connectivity index (χ4v) is 2.97. The van der Waals surface area contributed by atoms with Crippen LogP contribution in [0.4, 0.5) is 4.39 Å². The number of benzene rings is 1. The smallest absolute Gasteiger partial charge is 0.137 e. The summed E-state index contributed by atoms with van der Waals surface area (Å²) in [6.07, 6.45) is 3.64. The summed E-state index contributed by atoms with van der Waals surface area (Å²) < 4.78 is 14.2. The Balaban J connectivity index is 1.79. The van der Waals surface area contributed by atoms with Crippen LogP contribution in [0.2, 0.25) is 0 Å². The number of pyridine rings is 1. The summed E-state index contributed by atoms with van der Waals surface area (Å²) in [7, 11) is 0. The Labute approximate surface area is 132 Å². The van der Waals surface area contributed by atoms with E-state index >= 15 is 0 Å². The van der Waals surface area contributed by atoms with Crippen molar-refractivity contribution in [3.8, 4) is 0 Å². The average Bonchev–Trinajstić information content (AvgIpc) is 2.52. The van der Waals surface area contributed by atoms with Crippen molar-refractivity contribution >= 4 is 15.9 Å². The van der Waals surface area contributed by atoms with Crippen LogP contribution in [0.3, 0.4) is 0 Å². The van der Waals surface area contributed by atoms with Crippen LogP contribution in [-0.2, 0) is 6.54 Å². The highest BCUT2D eigenvalue weighted by atomic mass is 79.9. The van der Waals surface area contributed by atoms with E-state index in [1.165, 1.54) is 5.56 Å². The molecule has 1 saturated heterocycles. The molecule has 1 atom stereocenters. The molecule has 21 heavy (non-hydrogen) atoms. The number of piperazine rings is 1. The van der Waals surface area contributed by atoms with E-state index in [4.69, 9.17) is 0 Å². The van der Waals surface area contributed by atoms with E-state index in [1.807, 2.05) is 30.6 Å². The Morgan fingerprint density at radius 3 is 2.86 bits per heavy atom. The molecular weight excluding hydrogens is 333 g/mol. The molecule has 2 aromatic rings. The molecule has 1 aromatic carbocycles. The van der Waals surface area contributed by atoms with E-state index in [0.29, 0.717) is 10.5 Å². The van der Waals surface area contributed by atoms with E-state index in [0.717, 1.165) is 31.7 Å². The summed E-state index contributed by atoms with van der Waals surface area (Å²) in [6, 6.07) is 9.75. The third kappa shape index (κ3) is 3.48.